The van der Waals surface area contributed by atoms with Gasteiger partial charge in [0.25, 0.3) is 0 Å². The molecule has 2 fully saturated rings. The van der Waals surface area contributed by atoms with Crippen LogP contribution in [-0.2, 0) is 0 Å². The average molecular weight is 172 g/mol. The second-order valence-electron chi connectivity index (χ2n) is 3.18. The Kier molecular flexibility index (Phi) is 8.95. The van der Waals surface area contributed by atoms with E-state index < -0.39 is 0 Å². The fourth-order valence-electron chi connectivity index (χ4n) is 0.857. The van der Waals surface area contributed by atoms with Gasteiger partial charge in [-0.3, -0.25) is 10.9 Å². The first-order valence-electron chi connectivity index (χ1n) is 5.38. The Bertz CT molecular complexity index is 69.9. The molecule has 1 heterocycles. The fourth-order valence-corrected chi connectivity index (χ4v) is 0.857. The maximum atomic E-state index is 3.07. The van der Waals surface area contributed by atoms with Crippen LogP contribution in [0.3, 0.4) is 0 Å². The zero-order chi connectivity index (χ0) is 9.23. The van der Waals surface area contributed by atoms with Crippen molar-refractivity contribution in [1.29, 1.82) is 0 Å². The molecule has 2 heteroatoms. The van der Waals surface area contributed by atoms with Crippen LogP contribution in [0.1, 0.15) is 52.9 Å². The zero-order valence-electron chi connectivity index (χ0n) is 8.82. The number of rotatable bonds is 0. The van der Waals surface area contributed by atoms with Gasteiger partial charge in [-0.2, -0.15) is 0 Å². The van der Waals surface area contributed by atoms with E-state index in [0.29, 0.717) is 6.04 Å². The maximum Gasteiger partial charge on any atom is 0.0197 e. The van der Waals surface area contributed by atoms with Crippen molar-refractivity contribution < 1.29 is 0 Å². The Morgan fingerprint density at radius 1 is 1.00 bits per heavy atom. The third-order valence-corrected chi connectivity index (χ3v) is 2.05. The molecule has 0 bridgehead atoms. The van der Waals surface area contributed by atoms with Crippen molar-refractivity contribution >= 4 is 0 Å². The van der Waals surface area contributed by atoms with Crippen molar-refractivity contribution in [3.63, 3.8) is 0 Å². The van der Waals surface area contributed by atoms with Gasteiger partial charge in [-0.1, -0.05) is 39.5 Å². The van der Waals surface area contributed by atoms with Crippen molar-refractivity contribution in [3.8, 4) is 0 Å². The minimum atomic E-state index is 0.685. The highest BCUT2D eigenvalue weighted by Crippen LogP contribution is 2.15. The third-order valence-electron chi connectivity index (χ3n) is 2.05. The molecule has 1 aliphatic carbocycles. The molecule has 1 unspecified atom stereocenters. The van der Waals surface area contributed by atoms with E-state index in [4.69, 9.17) is 0 Å². The van der Waals surface area contributed by atoms with Gasteiger partial charge in [0.1, 0.15) is 0 Å². The first-order valence-corrected chi connectivity index (χ1v) is 5.38. The molecule has 2 rings (SSSR count). The molecular formula is C10H24N2. The second kappa shape index (κ2) is 9.01. The lowest BCUT2D eigenvalue weighted by Crippen LogP contribution is -2.27. The van der Waals surface area contributed by atoms with Crippen LogP contribution in [0.5, 0.6) is 0 Å². The second-order valence-corrected chi connectivity index (χ2v) is 3.18. The Hall–Kier alpha value is -0.0800. The van der Waals surface area contributed by atoms with Crippen LogP contribution in [0.25, 0.3) is 0 Å². The lowest BCUT2D eigenvalue weighted by Gasteiger charge is -2.05. The molecule has 0 aromatic carbocycles. The highest BCUT2D eigenvalue weighted by Gasteiger charge is 2.04. The van der Waals surface area contributed by atoms with Crippen molar-refractivity contribution in [2.75, 3.05) is 6.54 Å². The van der Waals surface area contributed by atoms with Gasteiger partial charge in [0.2, 0.25) is 0 Å². The van der Waals surface area contributed by atoms with E-state index in [-0.39, 0.29) is 0 Å². The predicted molar refractivity (Wildman–Crippen MR) is 55.0 cm³/mol. The summed E-state index contributed by atoms with van der Waals surface area (Å²) in [5.41, 5.74) is 6.09. The van der Waals surface area contributed by atoms with Crippen LogP contribution < -0.4 is 10.9 Å². The van der Waals surface area contributed by atoms with Gasteiger partial charge in [0.05, 0.1) is 0 Å². The highest BCUT2D eigenvalue weighted by molar-refractivity contribution is 4.64. The van der Waals surface area contributed by atoms with E-state index >= 15 is 0 Å². The summed E-state index contributed by atoms with van der Waals surface area (Å²) in [7, 11) is 0. The topological polar surface area (TPSA) is 24.1 Å². The van der Waals surface area contributed by atoms with Gasteiger partial charge in [0.15, 0.2) is 0 Å². The van der Waals surface area contributed by atoms with E-state index in [2.05, 4.69) is 17.8 Å². The van der Waals surface area contributed by atoms with Crippen LogP contribution >= 0.6 is 0 Å². The Balaban J connectivity index is 0.000000176. The SMILES string of the molecule is C1CCC1.CC.CC1CCNN1. The maximum absolute atomic E-state index is 3.07. The van der Waals surface area contributed by atoms with Crippen molar-refractivity contribution in [3.05, 3.63) is 0 Å². The summed E-state index contributed by atoms with van der Waals surface area (Å²) in [6, 6.07) is 0.685. The average Bonchev–Trinajstić information content (AvgIpc) is 2.40. The van der Waals surface area contributed by atoms with E-state index in [1.165, 1.54) is 32.1 Å². The number of nitrogens with one attached hydrogen (secondary N) is 2. The molecule has 1 aliphatic heterocycles. The van der Waals surface area contributed by atoms with Crippen LogP contribution in [0.4, 0.5) is 0 Å². The lowest BCUT2D eigenvalue weighted by molar-refractivity contribution is 0.504. The van der Waals surface area contributed by atoms with Gasteiger partial charge in [-0.25, -0.2) is 0 Å². The molecule has 12 heavy (non-hydrogen) atoms. The summed E-state index contributed by atoms with van der Waals surface area (Å²) < 4.78 is 0. The largest absolute Gasteiger partial charge is 0.258 e. The summed E-state index contributed by atoms with van der Waals surface area (Å²) >= 11 is 0. The zero-order valence-corrected chi connectivity index (χ0v) is 8.82. The standard InChI is InChI=1S/C4H10N2.C4H8.C2H6/c1-4-2-3-5-6-4;1-2-4-3-1;1-2/h4-6H,2-3H2,1H3;1-4H2;1-2H3. The lowest BCUT2D eigenvalue weighted by atomic mass is 10.0. The molecule has 0 radical (unpaired) electrons. The molecule has 2 aliphatic rings. The first-order chi connectivity index (χ1) is 5.89. The van der Waals surface area contributed by atoms with E-state index in [1.807, 2.05) is 13.8 Å². The summed E-state index contributed by atoms with van der Waals surface area (Å²) in [5, 5.41) is 0. The van der Waals surface area contributed by atoms with E-state index in [1.54, 1.807) is 0 Å². The minimum absolute atomic E-state index is 0.685. The van der Waals surface area contributed by atoms with Gasteiger partial charge < -0.3 is 0 Å². The van der Waals surface area contributed by atoms with E-state index in [9.17, 15) is 0 Å². The fraction of sp³-hybridized carbons (Fsp3) is 1.00. The smallest absolute Gasteiger partial charge is 0.0197 e. The van der Waals surface area contributed by atoms with Gasteiger partial charge in [-0.15, -0.1) is 0 Å². The van der Waals surface area contributed by atoms with Crippen LogP contribution in [0, 0.1) is 0 Å². The Morgan fingerprint density at radius 2 is 1.50 bits per heavy atom. The molecule has 0 aromatic rings. The van der Waals surface area contributed by atoms with Gasteiger partial charge >= 0.3 is 0 Å². The summed E-state index contributed by atoms with van der Waals surface area (Å²) in [5.74, 6) is 0. The van der Waals surface area contributed by atoms with Crippen LogP contribution in [0.15, 0.2) is 0 Å². The Labute approximate surface area is 77.1 Å². The van der Waals surface area contributed by atoms with Crippen molar-refractivity contribution in [2.24, 2.45) is 0 Å². The molecule has 74 valence electrons. The first kappa shape index (κ1) is 11.9. The third kappa shape index (κ3) is 6.62. The highest BCUT2D eigenvalue weighted by atomic mass is 15.4. The minimum Gasteiger partial charge on any atom is -0.258 e. The summed E-state index contributed by atoms with van der Waals surface area (Å²) in [6.07, 6.45) is 7.26. The van der Waals surface area contributed by atoms with Crippen molar-refractivity contribution in [2.45, 2.75) is 58.9 Å². The quantitative estimate of drug-likeness (QED) is 0.586. The molecule has 2 nitrogen and oxygen atoms in total. The monoisotopic (exact) mass is 172 g/mol. The predicted octanol–water partition coefficient (Wildman–Crippen LogP) is 2.46. The van der Waals surface area contributed by atoms with Crippen molar-refractivity contribution in [1.82, 2.24) is 10.9 Å². The molecule has 1 atom stereocenters. The summed E-state index contributed by atoms with van der Waals surface area (Å²) in [6.45, 7) is 7.29. The molecule has 0 spiro atoms. The molecule has 1 saturated heterocycles. The van der Waals surface area contributed by atoms with Crippen LogP contribution in [0.2, 0.25) is 0 Å². The summed E-state index contributed by atoms with van der Waals surface area (Å²) in [4.78, 5) is 0. The number of hydrogen-bond acceptors (Lipinski definition) is 2. The number of hydrazine groups is 1. The number of hydrogen-bond donors (Lipinski definition) is 2. The van der Waals surface area contributed by atoms with Gasteiger partial charge in [0, 0.05) is 12.6 Å². The Morgan fingerprint density at radius 3 is 1.58 bits per heavy atom. The van der Waals surface area contributed by atoms with Crippen LogP contribution in [-0.4, -0.2) is 12.6 Å². The van der Waals surface area contributed by atoms with E-state index in [0.717, 1.165) is 6.54 Å². The molecule has 1 saturated carbocycles. The normalized spacial score (nSPS) is 25.8. The van der Waals surface area contributed by atoms with Gasteiger partial charge in [-0.05, 0) is 13.3 Å². The molecule has 0 amide bonds. The molecule has 0 aromatic heterocycles. The molecule has 2 N–H and O–H groups in total. The molecular weight excluding hydrogens is 148 g/mol.